The fraction of sp³-hybridized carbons (Fsp3) is 0.611. The van der Waals surface area contributed by atoms with Crippen LogP contribution in [0.3, 0.4) is 0 Å². The van der Waals surface area contributed by atoms with Gasteiger partial charge in [0.25, 0.3) is 0 Å². The van der Waals surface area contributed by atoms with Gasteiger partial charge in [-0.1, -0.05) is 50.1 Å². The van der Waals surface area contributed by atoms with Crippen molar-refractivity contribution in [2.75, 3.05) is 14.1 Å². The van der Waals surface area contributed by atoms with E-state index in [0.29, 0.717) is 18.1 Å². The fourth-order valence-electron chi connectivity index (χ4n) is 3.57. The predicted octanol–water partition coefficient (Wildman–Crippen LogP) is 3.70. The van der Waals surface area contributed by atoms with Crippen LogP contribution in [0.5, 0.6) is 0 Å². The van der Waals surface area contributed by atoms with Crippen molar-refractivity contribution in [1.29, 1.82) is 0 Å². The first-order valence-corrected chi connectivity index (χ1v) is 7.79. The van der Waals surface area contributed by atoms with E-state index in [0.717, 1.165) is 19.3 Å². The van der Waals surface area contributed by atoms with Crippen molar-refractivity contribution in [1.82, 2.24) is 4.90 Å². The Hall–Kier alpha value is -1.15. The van der Waals surface area contributed by atoms with Gasteiger partial charge in [-0.05, 0) is 44.8 Å². The van der Waals surface area contributed by atoms with E-state index in [2.05, 4.69) is 38.1 Å². The molecule has 1 fully saturated rings. The molecule has 1 saturated carbocycles. The molecule has 2 unspecified atom stereocenters. The Morgan fingerprint density at radius 1 is 1.30 bits per heavy atom. The molecule has 0 heterocycles. The summed E-state index contributed by atoms with van der Waals surface area (Å²) in [5.74, 6) is 1.09. The van der Waals surface area contributed by atoms with E-state index in [9.17, 15) is 4.79 Å². The second-order valence-corrected chi connectivity index (χ2v) is 6.54. The molecule has 0 aromatic heterocycles. The summed E-state index contributed by atoms with van der Waals surface area (Å²) in [6, 6.07) is 10.3. The lowest BCUT2D eigenvalue weighted by Gasteiger charge is -2.44. The van der Waals surface area contributed by atoms with Gasteiger partial charge in [0, 0.05) is 6.42 Å². The van der Waals surface area contributed by atoms with Crippen LogP contribution in [0.2, 0.25) is 0 Å². The maximum absolute atomic E-state index is 12.8. The summed E-state index contributed by atoms with van der Waals surface area (Å²) in [6.45, 7) is 2.28. The first kappa shape index (κ1) is 15.2. The Morgan fingerprint density at radius 2 is 2.00 bits per heavy atom. The molecule has 110 valence electrons. The molecular formula is C18H27NO. The SMILES string of the molecule is CC1CCCC(C(=O)CCc2ccccc2)(N(C)C)C1. The quantitative estimate of drug-likeness (QED) is 0.815. The van der Waals surface area contributed by atoms with Crippen molar-refractivity contribution in [3.05, 3.63) is 35.9 Å². The zero-order valence-corrected chi connectivity index (χ0v) is 13.1. The van der Waals surface area contributed by atoms with Crippen LogP contribution < -0.4 is 0 Å². The number of Topliss-reactive ketones (excluding diaryl/α,β-unsaturated/α-hetero) is 1. The number of likely N-dealkylation sites (N-methyl/N-ethyl adjacent to an activating group) is 1. The summed E-state index contributed by atoms with van der Waals surface area (Å²) in [4.78, 5) is 15.0. The highest BCUT2D eigenvalue weighted by atomic mass is 16.1. The van der Waals surface area contributed by atoms with E-state index in [1.165, 1.54) is 18.4 Å². The van der Waals surface area contributed by atoms with Gasteiger partial charge in [-0.25, -0.2) is 0 Å². The molecule has 2 heteroatoms. The number of carbonyl (C=O) groups excluding carboxylic acids is 1. The first-order chi connectivity index (χ1) is 9.54. The molecule has 0 aliphatic heterocycles. The van der Waals surface area contributed by atoms with Gasteiger partial charge in [0.2, 0.25) is 0 Å². The van der Waals surface area contributed by atoms with E-state index < -0.39 is 0 Å². The van der Waals surface area contributed by atoms with Crippen LogP contribution in [0.15, 0.2) is 30.3 Å². The summed E-state index contributed by atoms with van der Waals surface area (Å²) < 4.78 is 0. The van der Waals surface area contributed by atoms with Crippen LogP contribution in [-0.2, 0) is 11.2 Å². The average Bonchev–Trinajstić information content (AvgIpc) is 2.45. The van der Waals surface area contributed by atoms with Crippen molar-refractivity contribution in [3.63, 3.8) is 0 Å². The minimum Gasteiger partial charge on any atom is -0.298 e. The summed E-state index contributed by atoms with van der Waals surface area (Å²) in [7, 11) is 4.14. The Balaban J connectivity index is 2.04. The fourth-order valence-corrected chi connectivity index (χ4v) is 3.57. The van der Waals surface area contributed by atoms with Gasteiger partial charge >= 0.3 is 0 Å². The van der Waals surface area contributed by atoms with E-state index in [4.69, 9.17) is 0 Å². The van der Waals surface area contributed by atoms with E-state index in [1.54, 1.807) is 0 Å². The number of benzene rings is 1. The summed E-state index contributed by atoms with van der Waals surface area (Å²) in [5.41, 5.74) is 1.05. The molecule has 0 N–H and O–H groups in total. The summed E-state index contributed by atoms with van der Waals surface area (Å²) in [5, 5.41) is 0. The maximum atomic E-state index is 12.8. The number of ketones is 1. The van der Waals surface area contributed by atoms with Gasteiger partial charge in [-0.3, -0.25) is 9.69 Å². The van der Waals surface area contributed by atoms with Crippen LogP contribution in [-0.4, -0.2) is 30.3 Å². The van der Waals surface area contributed by atoms with Gasteiger partial charge in [0.1, 0.15) is 0 Å². The minimum atomic E-state index is -0.216. The molecule has 0 saturated heterocycles. The molecular weight excluding hydrogens is 246 g/mol. The van der Waals surface area contributed by atoms with Crippen LogP contribution in [0, 0.1) is 5.92 Å². The number of nitrogens with zero attached hydrogens (tertiary/aromatic N) is 1. The molecule has 0 radical (unpaired) electrons. The van der Waals surface area contributed by atoms with Gasteiger partial charge in [-0.2, -0.15) is 0 Å². The lowest BCUT2D eigenvalue weighted by Crippen LogP contribution is -2.53. The van der Waals surface area contributed by atoms with Crippen LogP contribution in [0.25, 0.3) is 0 Å². The van der Waals surface area contributed by atoms with E-state index in [1.807, 2.05) is 18.2 Å². The highest BCUT2D eigenvalue weighted by Crippen LogP contribution is 2.37. The molecule has 0 bridgehead atoms. The third-order valence-electron chi connectivity index (χ3n) is 4.83. The molecule has 20 heavy (non-hydrogen) atoms. The largest absolute Gasteiger partial charge is 0.298 e. The second-order valence-electron chi connectivity index (χ2n) is 6.54. The highest BCUT2D eigenvalue weighted by Gasteiger charge is 2.42. The molecule has 0 spiro atoms. The summed E-state index contributed by atoms with van der Waals surface area (Å²) in [6.07, 6.45) is 6.02. The molecule has 2 rings (SSSR count). The van der Waals surface area contributed by atoms with Crippen molar-refractivity contribution in [2.45, 2.75) is 51.0 Å². The standard InChI is InChI=1S/C18H27NO/c1-15-8-7-13-18(14-15,19(2)3)17(20)12-11-16-9-5-4-6-10-16/h4-6,9-10,15H,7-8,11-14H2,1-3H3. The van der Waals surface area contributed by atoms with Crippen molar-refractivity contribution >= 4 is 5.78 Å². The van der Waals surface area contributed by atoms with Crippen LogP contribution >= 0.6 is 0 Å². The van der Waals surface area contributed by atoms with Crippen LogP contribution in [0.1, 0.15) is 44.6 Å². The van der Waals surface area contributed by atoms with E-state index in [-0.39, 0.29) is 5.54 Å². The lowest BCUT2D eigenvalue weighted by molar-refractivity contribution is -0.132. The number of carbonyl (C=O) groups is 1. The Labute approximate surface area is 123 Å². The Kier molecular flexibility index (Phi) is 4.98. The first-order valence-electron chi connectivity index (χ1n) is 7.79. The smallest absolute Gasteiger partial charge is 0.153 e. The second kappa shape index (κ2) is 6.53. The molecule has 2 atom stereocenters. The molecule has 1 aliphatic carbocycles. The zero-order chi connectivity index (χ0) is 14.6. The molecule has 1 aliphatic rings. The number of hydrogen-bond acceptors (Lipinski definition) is 2. The predicted molar refractivity (Wildman–Crippen MR) is 83.8 cm³/mol. The van der Waals surface area contributed by atoms with Crippen LogP contribution in [0.4, 0.5) is 0 Å². The normalized spacial score (nSPS) is 26.7. The molecule has 2 nitrogen and oxygen atoms in total. The number of aryl methyl sites for hydroxylation is 1. The topological polar surface area (TPSA) is 20.3 Å². The Morgan fingerprint density at radius 3 is 2.60 bits per heavy atom. The van der Waals surface area contributed by atoms with Gasteiger partial charge in [0.15, 0.2) is 5.78 Å². The van der Waals surface area contributed by atoms with Crippen molar-refractivity contribution in [3.8, 4) is 0 Å². The molecule has 0 amide bonds. The molecule has 1 aromatic rings. The number of hydrogen-bond donors (Lipinski definition) is 0. The maximum Gasteiger partial charge on any atom is 0.153 e. The molecule has 1 aromatic carbocycles. The summed E-state index contributed by atoms with van der Waals surface area (Å²) >= 11 is 0. The zero-order valence-electron chi connectivity index (χ0n) is 13.1. The van der Waals surface area contributed by atoms with Gasteiger partial charge in [0.05, 0.1) is 5.54 Å². The van der Waals surface area contributed by atoms with E-state index >= 15 is 0 Å². The Bertz CT molecular complexity index is 440. The third kappa shape index (κ3) is 3.29. The van der Waals surface area contributed by atoms with Gasteiger partial charge in [-0.15, -0.1) is 0 Å². The monoisotopic (exact) mass is 273 g/mol. The lowest BCUT2D eigenvalue weighted by atomic mass is 9.72. The third-order valence-corrected chi connectivity index (χ3v) is 4.83. The van der Waals surface area contributed by atoms with Gasteiger partial charge < -0.3 is 0 Å². The minimum absolute atomic E-state index is 0.216. The van der Waals surface area contributed by atoms with Crippen molar-refractivity contribution < 1.29 is 4.79 Å². The number of rotatable bonds is 5. The average molecular weight is 273 g/mol. The highest BCUT2D eigenvalue weighted by molar-refractivity contribution is 5.88. The van der Waals surface area contributed by atoms with Crippen molar-refractivity contribution in [2.24, 2.45) is 5.92 Å².